The first kappa shape index (κ1) is 14.7. The van der Waals surface area contributed by atoms with E-state index >= 15 is 0 Å². The number of hydrogen-bond acceptors (Lipinski definition) is 5. The van der Waals surface area contributed by atoms with Crippen molar-refractivity contribution in [2.45, 2.75) is 6.42 Å². The minimum absolute atomic E-state index is 0.505. The number of rotatable bonds is 8. The lowest BCUT2D eigenvalue weighted by atomic mass is 10.3. The van der Waals surface area contributed by atoms with Gasteiger partial charge in [0.05, 0.1) is 24.9 Å². The van der Waals surface area contributed by atoms with Crippen molar-refractivity contribution in [2.24, 2.45) is 5.73 Å². The Hall–Kier alpha value is -1.40. The summed E-state index contributed by atoms with van der Waals surface area (Å²) in [4.78, 5) is 6.93. The van der Waals surface area contributed by atoms with Gasteiger partial charge >= 0.3 is 0 Å². The maximum absolute atomic E-state index is 5.53. The average Bonchev–Trinajstić information content (AvgIpc) is 2.39. The van der Waals surface area contributed by atoms with Crippen LogP contribution < -0.4 is 15.4 Å². The summed E-state index contributed by atoms with van der Waals surface area (Å²) in [6.07, 6.45) is 2.35. The zero-order valence-electron chi connectivity index (χ0n) is 10.8. The highest BCUT2D eigenvalue weighted by molar-refractivity contribution is 7.80. The summed E-state index contributed by atoms with van der Waals surface area (Å²) in [5, 5.41) is 0. The number of ether oxygens (including phenoxy) is 2. The molecular formula is C12H19N3O2S. The summed E-state index contributed by atoms with van der Waals surface area (Å²) >= 11 is 4.90. The quantitative estimate of drug-likeness (QED) is 0.716. The Kier molecular flexibility index (Phi) is 6.38. The van der Waals surface area contributed by atoms with E-state index in [1.54, 1.807) is 20.4 Å². The van der Waals surface area contributed by atoms with Crippen LogP contribution in [0.5, 0.6) is 5.75 Å². The van der Waals surface area contributed by atoms with E-state index in [1.165, 1.54) is 0 Å². The molecule has 0 aliphatic heterocycles. The summed E-state index contributed by atoms with van der Waals surface area (Å²) in [7, 11) is 3.29. The highest BCUT2D eigenvalue weighted by atomic mass is 32.1. The van der Waals surface area contributed by atoms with Gasteiger partial charge in [-0.1, -0.05) is 12.2 Å². The molecule has 0 fully saturated rings. The van der Waals surface area contributed by atoms with E-state index in [0.717, 1.165) is 24.7 Å². The Bertz CT molecular complexity index is 370. The van der Waals surface area contributed by atoms with Crippen LogP contribution in [0.4, 0.5) is 5.82 Å². The standard InChI is InChI=1S/C12H19N3O2S/c1-16-8-7-15(6-5-11(13)18)12-4-3-10(17-2)9-14-12/h3-4,9H,5-8H2,1-2H3,(H2,13,18). The number of pyridine rings is 1. The summed E-state index contributed by atoms with van der Waals surface area (Å²) in [6.45, 7) is 2.11. The first-order valence-corrected chi connectivity index (χ1v) is 6.10. The van der Waals surface area contributed by atoms with Gasteiger partial charge in [0.1, 0.15) is 11.6 Å². The van der Waals surface area contributed by atoms with E-state index in [2.05, 4.69) is 9.88 Å². The predicted molar refractivity (Wildman–Crippen MR) is 76.3 cm³/mol. The number of thiocarbonyl (C=S) groups is 1. The van der Waals surface area contributed by atoms with Gasteiger partial charge < -0.3 is 20.1 Å². The lowest BCUT2D eigenvalue weighted by Gasteiger charge is -2.23. The van der Waals surface area contributed by atoms with Crippen molar-refractivity contribution in [3.63, 3.8) is 0 Å². The van der Waals surface area contributed by atoms with Crippen molar-refractivity contribution < 1.29 is 9.47 Å². The van der Waals surface area contributed by atoms with Crippen LogP contribution in [0.25, 0.3) is 0 Å². The Morgan fingerprint density at radius 1 is 1.39 bits per heavy atom. The van der Waals surface area contributed by atoms with Gasteiger partial charge in [-0.05, 0) is 12.1 Å². The molecule has 5 nitrogen and oxygen atoms in total. The normalized spacial score (nSPS) is 10.1. The van der Waals surface area contributed by atoms with Gasteiger partial charge in [-0.25, -0.2) is 4.98 Å². The van der Waals surface area contributed by atoms with E-state index in [1.807, 2.05) is 12.1 Å². The van der Waals surface area contributed by atoms with Crippen molar-refractivity contribution in [1.29, 1.82) is 0 Å². The molecule has 18 heavy (non-hydrogen) atoms. The Balaban J connectivity index is 2.69. The summed E-state index contributed by atoms with van der Waals surface area (Å²) in [5.41, 5.74) is 5.53. The van der Waals surface area contributed by atoms with E-state index < -0.39 is 0 Å². The van der Waals surface area contributed by atoms with Crippen LogP contribution in [0.2, 0.25) is 0 Å². The van der Waals surface area contributed by atoms with Gasteiger partial charge in [0.15, 0.2) is 0 Å². The van der Waals surface area contributed by atoms with Gasteiger partial charge in [0, 0.05) is 26.6 Å². The number of hydrogen-bond donors (Lipinski definition) is 1. The molecule has 0 spiro atoms. The van der Waals surface area contributed by atoms with E-state index in [4.69, 9.17) is 27.4 Å². The lowest BCUT2D eigenvalue weighted by Crippen LogP contribution is -2.31. The van der Waals surface area contributed by atoms with Gasteiger partial charge in [-0.2, -0.15) is 0 Å². The number of methoxy groups -OCH3 is 2. The summed E-state index contributed by atoms with van der Waals surface area (Å²) in [5.74, 6) is 1.60. The molecule has 0 aliphatic carbocycles. The second-order valence-electron chi connectivity index (χ2n) is 3.75. The Morgan fingerprint density at radius 2 is 2.17 bits per heavy atom. The molecule has 0 unspecified atom stereocenters. The maximum Gasteiger partial charge on any atom is 0.137 e. The minimum atomic E-state index is 0.505. The van der Waals surface area contributed by atoms with Crippen molar-refractivity contribution in [1.82, 2.24) is 4.98 Å². The predicted octanol–water partition coefficient (Wildman–Crippen LogP) is 1.22. The van der Waals surface area contributed by atoms with E-state index in [0.29, 0.717) is 18.0 Å². The van der Waals surface area contributed by atoms with Crippen LogP contribution in [-0.4, -0.2) is 43.9 Å². The average molecular weight is 269 g/mol. The van der Waals surface area contributed by atoms with Crippen molar-refractivity contribution >= 4 is 23.0 Å². The molecule has 0 aliphatic rings. The molecule has 0 aromatic carbocycles. The highest BCUT2D eigenvalue weighted by Crippen LogP contribution is 2.15. The minimum Gasteiger partial charge on any atom is -0.495 e. The van der Waals surface area contributed by atoms with Gasteiger partial charge in [-0.3, -0.25) is 0 Å². The molecule has 2 N–H and O–H groups in total. The third-order valence-corrected chi connectivity index (χ3v) is 2.68. The van der Waals surface area contributed by atoms with Crippen molar-refractivity contribution in [3.8, 4) is 5.75 Å². The molecule has 1 aromatic heterocycles. The van der Waals surface area contributed by atoms with E-state index in [9.17, 15) is 0 Å². The molecule has 1 aromatic rings. The zero-order valence-corrected chi connectivity index (χ0v) is 11.6. The number of anilines is 1. The number of nitrogens with two attached hydrogens (primary N) is 1. The molecule has 0 saturated carbocycles. The first-order chi connectivity index (χ1) is 8.67. The monoisotopic (exact) mass is 269 g/mol. The molecule has 6 heteroatoms. The second-order valence-corrected chi connectivity index (χ2v) is 4.28. The molecular weight excluding hydrogens is 250 g/mol. The maximum atomic E-state index is 5.53. The van der Waals surface area contributed by atoms with Crippen LogP contribution in [0.3, 0.4) is 0 Å². The summed E-state index contributed by atoms with van der Waals surface area (Å²) in [6, 6.07) is 3.79. The fourth-order valence-electron chi connectivity index (χ4n) is 1.47. The third-order valence-electron chi connectivity index (χ3n) is 2.47. The molecule has 1 rings (SSSR count). The molecule has 100 valence electrons. The third kappa shape index (κ3) is 4.85. The number of nitrogens with zero attached hydrogens (tertiary/aromatic N) is 2. The SMILES string of the molecule is COCCN(CCC(N)=S)c1ccc(OC)cn1. The Morgan fingerprint density at radius 3 is 2.67 bits per heavy atom. The molecule has 0 radical (unpaired) electrons. The van der Waals surface area contributed by atoms with Crippen LogP contribution in [0, 0.1) is 0 Å². The fourth-order valence-corrected chi connectivity index (χ4v) is 1.56. The van der Waals surface area contributed by atoms with Crippen LogP contribution in [0.1, 0.15) is 6.42 Å². The fraction of sp³-hybridized carbons (Fsp3) is 0.500. The Labute approximate surface area is 113 Å². The van der Waals surface area contributed by atoms with Crippen LogP contribution >= 0.6 is 12.2 Å². The molecule has 0 amide bonds. The smallest absolute Gasteiger partial charge is 0.137 e. The lowest BCUT2D eigenvalue weighted by molar-refractivity contribution is 0.205. The van der Waals surface area contributed by atoms with Gasteiger partial charge in [-0.15, -0.1) is 0 Å². The summed E-state index contributed by atoms with van der Waals surface area (Å²) < 4.78 is 10.2. The van der Waals surface area contributed by atoms with E-state index in [-0.39, 0.29) is 0 Å². The van der Waals surface area contributed by atoms with Crippen molar-refractivity contribution in [2.75, 3.05) is 38.8 Å². The zero-order chi connectivity index (χ0) is 13.4. The topological polar surface area (TPSA) is 60.6 Å². The molecule has 0 bridgehead atoms. The largest absolute Gasteiger partial charge is 0.495 e. The second kappa shape index (κ2) is 7.84. The molecule has 0 atom stereocenters. The number of aromatic nitrogens is 1. The van der Waals surface area contributed by atoms with Gasteiger partial charge in [0.25, 0.3) is 0 Å². The molecule has 1 heterocycles. The van der Waals surface area contributed by atoms with Gasteiger partial charge in [0.2, 0.25) is 0 Å². The van der Waals surface area contributed by atoms with Crippen molar-refractivity contribution in [3.05, 3.63) is 18.3 Å². The highest BCUT2D eigenvalue weighted by Gasteiger charge is 2.08. The van der Waals surface area contributed by atoms with Crippen LogP contribution in [0.15, 0.2) is 18.3 Å². The van der Waals surface area contributed by atoms with Crippen LogP contribution in [-0.2, 0) is 4.74 Å². The molecule has 0 saturated heterocycles. The first-order valence-electron chi connectivity index (χ1n) is 5.69.